The molecule has 2 heterocycles. The number of carbonyl (C=O) groups excluding carboxylic acids is 1. The summed E-state index contributed by atoms with van der Waals surface area (Å²) < 4.78 is 44.0. The number of amides is 1. The zero-order chi connectivity index (χ0) is 26.4. The van der Waals surface area contributed by atoms with Gasteiger partial charge in [0.25, 0.3) is 5.91 Å². The van der Waals surface area contributed by atoms with Crippen LogP contribution in [-0.2, 0) is 16.6 Å². The summed E-state index contributed by atoms with van der Waals surface area (Å²) in [5.41, 5.74) is 0.949. The first kappa shape index (κ1) is 26.6. The molecule has 0 atom stereocenters. The molecule has 11 heteroatoms. The van der Waals surface area contributed by atoms with Crippen LogP contribution in [-0.4, -0.2) is 67.5 Å². The Hall–Kier alpha value is -3.44. The fourth-order valence-corrected chi connectivity index (χ4v) is 5.36. The average Bonchev–Trinajstić information content (AvgIpc) is 3.20. The Morgan fingerprint density at radius 2 is 1.78 bits per heavy atom. The third-order valence-corrected chi connectivity index (χ3v) is 8.05. The Bertz CT molecular complexity index is 1320. The summed E-state index contributed by atoms with van der Waals surface area (Å²) in [6.45, 7) is 3.63. The third kappa shape index (κ3) is 6.11. The second kappa shape index (κ2) is 11.7. The van der Waals surface area contributed by atoms with Crippen LogP contribution in [0.1, 0.15) is 48.9 Å². The number of aromatic nitrogens is 2. The summed E-state index contributed by atoms with van der Waals surface area (Å²) in [7, 11) is -1.07. The van der Waals surface area contributed by atoms with Crippen molar-refractivity contribution in [2.45, 2.75) is 44.0 Å². The first-order valence-corrected chi connectivity index (χ1v) is 13.8. The van der Waals surface area contributed by atoms with Crippen molar-refractivity contribution in [1.29, 1.82) is 0 Å². The number of rotatable bonds is 9. The van der Waals surface area contributed by atoms with E-state index in [2.05, 4.69) is 10.1 Å². The van der Waals surface area contributed by atoms with Gasteiger partial charge in [0.05, 0.1) is 30.7 Å². The molecule has 1 fully saturated rings. The van der Waals surface area contributed by atoms with Crippen LogP contribution in [0.5, 0.6) is 11.5 Å². The van der Waals surface area contributed by atoms with Crippen molar-refractivity contribution >= 4 is 15.9 Å². The molecule has 37 heavy (non-hydrogen) atoms. The molecule has 198 valence electrons. The van der Waals surface area contributed by atoms with E-state index >= 15 is 0 Å². The number of ether oxygens (including phenoxy) is 2. The first-order chi connectivity index (χ1) is 17.8. The number of hydrogen-bond acceptors (Lipinski definition) is 8. The number of likely N-dealkylation sites (tertiary alicyclic amines) is 1. The van der Waals surface area contributed by atoms with E-state index in [1.165, 1.54) is 32.4 Å². The number of nitrogens with zero attached hydrogens (tertiary/aromatic N) is 4. The molecule has 0 saturated carbocycles. The van der Waals surface area contributed by atoms with Crippen molar-refractivity contribution in [1.82, 2.24) is 19.3 Å². The van der Waals surface area contributed by atoms with Crippen molar-refractivity contribution < 1.29 is 27.2 Å². The van der Waals surface area contributed by atoms with Crippen LogP contribution in [0.15, 0.2) is 51.9 Å². The zero-order valence-electron chi connectivity index (χ0n) is 21.3. The fourth-order valence-electron chi connectivity index (χ4n) is 4.22. The summed E-state index contributed by atoms with van der Waals surface area (Å²) in [6, 6.07) is 11.6. The molecule has 1 aliphatic rings. The van der Waals surface area contributed by atoms with E-state index in [1.807, 2.05) is 6.92 Å². The van der Waals surface area contributed by atoms with Gasteiger partial charge in [0.15, 0.2) is 0 Å². The fraction of sp³-hybridized carbons (Fsp3) is 0.423. The lowest BCUT2D eigenvalue weighted by Gasteiger charge is -2.22. The first-order valence-electron chi connectivity index (χ1n) is 12.3. The highest BCUT2D eigenvalue weighted by atomic mass is 32.2. The Labute approximate surface area is 217 Å². The molecule has 2 aromatic carbocycles. The van der Waals surface area contributed by atoms with Crippen LogP contribution in [0.25, 0.3) is 11.4 Å². The molecule has 1 amide bonds. The van der Waals surface area contributed by atoms with E-state index in [9.17, 15) is 13.2 Å². The van der Waals surface area contributed by atoms with Gasteiger partial charge in [-0.25, -0.2) is 8.42 Å². The molecule has 3 aromatic rings. The highest BCUT2D eigenvalue weighted by Gasteiger charge is 2.27. The van der Waals surface area contributed by atoms with Gasteiger partial charge in [-0.05, 0) is 62.2 Å². The Morgan fingerprint density at radius 1 is 1.08 bits per heavy atom. The minimum atomic E-state index is -3.96. The molecule has 0 spiro atoms. The molecule has 1 aliphatic heterocycles. The van der Waals surface area contributed by atoms with Crippen molar-refractivity contribution in [3.05, 3.63) is 53.9 Å². The lowest BCUT2D eigenvalue weighted by atomic mass is 10.1. The highest BCUT2D eigenvalue weighted by Crippen LogP contribution is 2.27. The third-order valence-electron chi connectivity index (χ3n) is 6.25. The standard InChI is InChI=1S/C26H32N4O6S/c1-4-35-20-11-9-19(10-12-20)25-27-24(36-28-25)18-29(2)37(32,33)21-13-14-23(34-3)22(17-21)26(31)30-15-7-5-6-8-16-30/h9-14,17H,4-8,15-16,18H2,1-3H3. The predicted molar refractivity (Wildman–Crippen MR) is 137 cm³/mol. The normalized spacial score (nSPS) is 14.4. The number of methoxy groups -OCH3 is 1. The van der Waals surface area contributed by atoms with Crippen LogP contribution in [0.2, 0.25) is 0 Å². The van der Waals surface area contributed by atoms with Crippen molar-refractivity contribution in [2.24, 2.45) is 0 Å². The summed E-state index contributed by atoms with van der Waals surface area (Å²) in [4.78, 5) is 19.4. The Kier molecular flexibility index (Phi) is 8.45. The molecule has 4 rings (SSSR count). The SMILES string of the molecule is CCOc1ccc(-c2noc(CN(C)S(=O)(=O)c3ccc(OC)c(C(=O)N4CCCCCC4)c3)n2)cc1. The lowest BCUT2D eigenvalue weighted by molar-refractivity contribution is 0.0758. The minimum absolute atomic E-state index is 0.0137. The van der Waals surface area contributed by atoms with Gasteiger partial charge in [0, 0.05) is 25.7 Å². The second-order valence-electron chi connectivity index (χ2n) is 8.80. The number of hydrogen-bond donors (Lipinski definition) is 0. The van der Waals surface area contributed by atoms with E-state index in [0.29, 0.717) is 31.3 Å². The van der Waals surface area contributed by atoms with Gasteiger partial charge < -0.3 is 18.9 Å². The lowest BCUT2D eigenvalue weighted by Crippen LogP contribution is -2.32. The van der Waals surface area contributed by atoms with Gasteiger partial charge in [0.1, 0.15) is 11.5 Å². The van der Waals surface area contributed by atoms with Gasteiger partial charge in [0.2, 0.25) is 21.7 Å². The second-order valence-corrected chi connectivity index (χ2v) is 10.8. The van der Waals surface area contributed by atoms with Gasteiger partial charge in [-0.3, -0.25) is 4.79 Å². The molecule has 0 unspecified atom stereocenters. The Morgan fingerprint density at radius 3 is 2.43 bits per heavy atom. The minimum Gasteiger partial charge on any atom is -0.496 e. The molecule has 10 nitrogen and oxygen atoms in total. The molecule has 0 N–H and O–H groups in total. The van der Waals surface area contributed by atoms with E-state index in [4.69, 9.17) is 14.0 Å². The van der Waals surface area contributed by atoms with Crippen LogP contribution in [0, 0.1) is 0 Å². The van der Waals surface area contributed by atoms with Crippen LogP contribution < -0.4 is 9.47 Å². The largest absolute Gasteiger partial charge is 0.496 e. The number of sulfonamides is 1. The molecule has 1 aromatic heterocycles. The molecular formula is C26H32N4O6S. The van der Waals surface area contributed by atoms with Crippen molar-refractivity contribution in [2.75, 3.05) is 33.9 Å². The van der Waals surface area contributed by atoms with E-state index < -0.39 is 10.0 Å². The number of benzene rings is 2. The van der Waals surface area contributed by atoms with E-state index in [0.717, 1.165) is 41.3 Å². The van der Waals surface area contributed by atoms with Gasteiger partial charge in [-0.2, -0.15) is 9.29 Å². The average molecular weight is 529 g/mol. The molecule has 0 radical (unpaired) electrons. The number of carbonyl (C=O) groups is 1. The molecule has 0 aliphatic carbocycles. The van der Waals surface area contributed by atoms with Crippen LogP contribution in [0.3, 0.4) is 0 Å². The maximum absolute atomic E-state index is 13.4. The highest BCUT2D eigenvalue weighted by molar-refractivity contribution is 7.89. The maximum Gasteiger partial charge on any atom is 0.257 e. The quantitative estimate of drug-likeness (QED) is 0.410. The smallest absolute Gasteiger partial charge is 0.257 e. The van der Waals surface area contributed by atoms with E-state index in [1.54, 1.807) is 29.2 Å². The predicted octanol–water partition coefficient (Wildman–Crippen LogP) is 3.98. The van der Waals surface area contributed by atoms with Gasteiger partial charge in [-0.15, -0.1) is 0 Å². The van der Waals surface area contributed by atoms with Gasteiger partial charge >= 0.3 is 0 Å². The summed E-state index contributed by atoms with van der Waals surface area (Å²) in [5, 5.41) is 3.97. The maximum atomic E-state index is 13.4. The van der Waals surface area contributed by atoms with Crippen LogP contribution >= 0.6 is 0 Å². The molecule has 0 bridgehead atoms. The topological polar surface area (TPSA) is 115 Å². The van der Waals surface area contributed by atoms with E-state index in [-0.39, 0.29) is 28.8 Å². The monoisotopic (exact) mass is 528 g/mol. The Balaban J connectivity index is 1.52. The van der Waals surface area contributed by atoms with Crippen molar-refractivity contribution in [3.63, 3.8) is 0 Å². The van der Waals surface area contributed by atoms with Crippen LogP contribution in [0.4, 0.5) is 0 Å². The van der Waals surface area contributed by atoms with Gasteiger partial charge in [-0.1, -0.05) is 18.0 Å². The summed E-state index contributed by atoms with van der Waals surface area (Å²) in [5.74, 6) is 1.33. The summed E-state index contributed by atoms with van der Waals surface area (Å²) in [6.07, 6.45) is 4.02. The zero-order valence-corrected chi connectivity index (χ0v) is 22.2. The summed E-state index contributed by atoms with van der Waals surface area (Å²) >= 11 is 0. The molecular weight excluding hydrogens is 496 g/mol. The van der Waals surface area contributed by atoms with Crippen molar-refractivity contribution in [3.8, 4) is 22.9 Å². The molecule has 1 saturated heterocycles.